The summed E-state index contributed by atoms with van der Waals surface area (Å²) < 4.78 is 14.6. The summed E-state index contributed by atoms with van der Waals surface area (Å²) in [5.41, 5.74) is 5.37. The Morgan fingerprint density at radius 1 is 0.651 bits per heavy atom. The lowest BCUT2D eigenvalue weighted by molar-refractivity contribution is -0.136. The Morgan fingerprint density at radius 3 is 1.57 bits per heavy atom. The first-order valence-electron chi connectivity index (χ1n) is 21.7. The topological polar surface area (TPSA) is 204 Å². The summed E-state index contributed by atoms with van der Waals surface area (Å²) >= 11 is 0. The van der Waals surface area contributed by atoms with Gasteiger partial charge in [0.05, 0.1) is 57.2 Å². The highest BCUT2D eigenvalue weighted by atomic mass is 16.5. The number of hydrogen-bond acceptors (Lipinski definition) is 10. The van der Waals surface area contributed by atoms with E-state index in [1.807, 2.05) is 56.9 Å². The monoisotopic (exact) mass is 865 g/mol. The Hall–Kier alpha value is -6.39. The molecule has 4 aromatic rings. The molecular formula is C46H59N9O8. The van der Waals surface area contributed by atoms with Gasteiger partial charge in [-0.15, -0.1) is 0 Å². The number of carbonyl (C=O) groups is 5. The van der Waals surface area contributed by atoms with E-state index in [2.05, 4.69) is 49.9 Å². The molecule has 0 aliphatic carbocycles. The molecule has 1 spiro atoms. The molecule has 0 saturated carbocycles. The minimum atomic E-state index is -0.791. The van der Waals surface area contributed by atoms with Crippen molar-refractivity contribution in [2.24, 2.45) is 17.3 Å². The van der Waals surface area contributed by atoms with E-state index in [-0.39, 0.29) is 47.2 Å². The van der Waals surface area contributed by atoms with Gasteiger partial charge in [0, 0.05) is 26.2 Å². The van der Waals surface area contributed by atoms with E-state index in [4.69, 9.17) is 19.2 Å². The first-order chi connectivity index (χ1) is 30.2. The number of nitrogens with one attached hydrogen (secondary N) is 4. The van der Waals surface area contributed by atoms with Crippen LogP contribution in [0.15, 0.2) is 60.9 Å². The second-order valence-corrected chi connectivity index (χ2v) is 17.6. The number of carbonyl (C=O) groups excluding carboxylic acids is 5. The van der Waals surface area contributed by atoms with Gasteiger partial charge >= 0.3 is 18.3 Å². The van der Waals surface area contributed by atoms with Crippen LogP contribution in [0.2, 0.25) is 0 Å². The molecule has 2 aromatic heterocycles. The zero-order valence-corrected chi connectivity index (χ0v) is 37.1. The fourth-order valence-corrected chi connectivity index (χ4v) is 9.25. The molecule has 2 aromatic carbocycles. The summed E-state index contributed by atoms with van der Waals surface area (Å²) in [5.74, 6) is 0.711. The van der Waals surface area contributed by atoms with Gasteiger partial charge in [-0.1, -0.05) is 76.2 Å². The molecule has 336 valence electrons. The SMILES string of the molecule is COC(=O)N[C@H](C(=O)N1CCCC1c1ncc(-c2ccc(-c3ccc(-c4cnc(C5CC6(CCN(C(=O)OC)CC6)CN5C(=O)[C@@H](NC(=O)OC)C(C)C)[nH]4)cc3)cc2)[nH]1)C(C)C. The maximum Gasteiger partial charge on any atom is 0.409 e. The second kappa shape index (κ2) is 18.9. The van der Waals surface area contributed by atoms with Crippen molar-refractivity contribution in [1.29, 1.82) is 0 Å². The number of amides is 5. The van der Waals surface area contributed by atoms with Crippen LogP contribution in [0, 0.1) is 17.3 Å². The van der Waals surface area contributed by atoms with E-state index in [0.29, 0.717) is 57.1 Å². The Balaban J connectivity index is 1.04. The van der Waals surface area contributed by atoms with Gasteiger partial charge < -0.3 is 49.5 Å². The largest absolute Gasteiger partial charge is 0.453 e. The molecule has 2 unspecified atom stereocenters. The number of ether oxygens (including phenoxy) is 3. The molecule has 4 atom stereocenters. The van der Waals surface area contributed by atoms with Gasteiger partial charge in [-0.2, -0.15) is 0 Å². The molecular weight excluding hydrogens is 807 g/mol. The Bertz CT molecular complexity index is 2260. The third-order valence-electron chi connectivity index (χ3n) is 12.9. The van der Waals surface area contributed by atoms with Crippen molar-refractivity contribution >= 4 is 30.1 Å². The predicted molar refractivity (Wildman–Crippen MR) is 234 cm³/mol. The molecule has 3 saturated heterocycles. The normalized spacial score (nSPS) is 19.3. The number of likely N-dealkylation sites (tertiary alicyclic amines) is 3. The van der Waals surface area contributed by atoms with Gasteiger partial charge in [-0.05, 0) is 71.6 Å². The number of methoxy groups -OCH3 is 3. The second-order valence-electron chi connectivity index (χ2n) is 17.6. The Morgan fingerprint density at radius 2 is 1.11 bits per heavy atom. The number of aromatic amines is 2. The van der Waals surface area contributed by atoms with Crippen LogP contribution in [0.3, 0.4) is 0 Å². The lowest BCUT2D eigenvalue weighted by atomic mass is 9.76. The number of alkyl carbamates (subject to hydrolysis) is 2. The molecule has 7 rings (SSSR count). The van der Waals surface area contributed by atoms with Gasteiger partial charge in [-0.3, -0.25) is 9.59 Å². The summed E-state index contributed by atoms with van der Waals surface area (Å²) in [7, 11) is 3.95. The smallest absolute Gasteiger partial charge is 0.409 e. The minimum Gasteiger partial charge on any atom is -0.453 e. The number of piperidine rings is 1. The first-order valence-corrected chi connectivity index (χ1v) is 21.7. The molecule has 3 aliphatic heterocycles. The standard InChI is InChI=1S/C46H59N9O8/c1-27(2)37(51-43(58)61-5)41(56)54-20-8-9-35(54)39-47-24-33(49-39)31-14-10-29(11-15-31)30-12-16-32(17-13-30)34-25-48-40(50-34)36-23-46(18-21-53(22-19-46)45(60)63-7)26-55(36)42(57)38(28(3)4)52-44(59)62-6/h10-17,24-25,27-28,35-38H,8-9,18-23,26H2,1-7H3,(H,47,49)(H,48,50)(H,51,58)(H,52,59)/t35?,36?,37-,38-/m0/s1. The van der Waals surface area contributed by atoms with Crippen molar-refractivity contribution in [3.8, 4) is 33.6 Å². The zero-order valence-electron chi connectivity index (χ0n) is 37.1. The molecule has 17 heteroatoms. The maximum atomic E-state index is 14.3. The van der Waals surface area contributed by atoms with E-state index >= 15 is 0 Å². The van der Waals surface area contributed by atoms with Gasteiger partial charge in [0.1, 0.15) is 23.7 Å². The summed E-state index contributed by atoms with van der Waals surface area (Å²) in [6.45, 7) is 9.68. The van der Waals surface area contributed by atoms with Crippen LogP contribution in [0.1, 0.15) is 83.5 Å². The van der Waals surface area contributed by atoms with Gasteiger partial charge in [-0.25, -0.2) is 24.4 Å². The molecule has 0 bridgehead atoms. The van der Waals surface area contributed by atoms with Crippen molar-refractivity contribution in [1.82, 2.24) is 45.3 Å². The summed E-state index contributed by atoms with van der Waals surface area (Å²) in [4.78, 5) is 86.3. The third kappa shape index (κ3) is 9.51. The highest BCUT2D eigenvalue weighted by Crippen LogP contribution is 2.49. The Kier molecular flexibility index (Phi) is 13.4. The molecule has 3 aliphatic rings. The van der Waals surface area contributed by atoms with E-state index < -0.39 is 24.3 Å². The average molecular weight is 866 g/mol. The van der Waals surface area contributed by atoms with Gasteiger partial charge in [0.2, 0.25) is 11.8 Å². The molecule has 4 N–H and O–H groups in total. The molecule has 5 heterocycles. The van der Waals surface area contributed by atoms with E-state index in [0.717, 1.165) is 46.5 Å². The maximum absolute atomic E-state index is 14.3. The highest BCUT2D eigenvalue weighted by Gasteiger charge is 2.50. The first kappa shape index (κ1) is 44.7. The average Bonchev–Trinajstić information content (AvgIpc) is 4.14. The van der Waals surface area contributed by atoms with Crippen molar-refractivity contribution in [2.75, 3.05) is 47.5 Å². The van der Waals surface area contributed by atoms with Crippen LogP contribution < -0.4 is 10.6 Å². The fraction of sp³-hybridized carbons (Fsp3) is 0.500. The van der Waals surface area contributed by atoms with Gasteiger partial charge in [0.15, 0.2) is 0 Å². The van der Waals surface area contributed by atoms with Crippen molar-refractivity contribution in [3.63, 3.8) is 0 Å². The third-order valence-corrected chi connectivity index (χ3v) is 12.9. The summed E-state index contributed by atoms with van der Waals surface area (Å²) in [6.07, 6.45) is 5.61. The number of imidazole rings is 2. The van der Waals surface area contributed by atoms with Crippen LogP contribution in [-0.2, 0) is 23.8 Å². The molecule has 3 fully saturated rings. The van der Waals surface area contributed by atoms with Crippen molar-refractivity contribution < 1.29 is 38.2 Å². The van der Waals surface area contributed by atoms with Crippen LogP contribution in [0.25, 0.3) is 33.6 Å². The highest BCUT2D eigenvalue weighted by molar-refractivity contribution is 5.87. The summed E-state index contributed by atoms with van der Waals surface area (Å²) in [6, 6.07) is 14.3. The molecule has 5 amide bonds. The number of benzene rings is 2. The minimum absolute atomic E-state index is 0.118. The number of aromatic nitrogens is 4. The fourth-order valence-electron chi connectivity index (χ4n) is 9.25. The van der Waals surface area contributed by atoms with Crippen LogP contribution >= 0.6 is 0 Å². The molecule has 0 radical (unpaired) electrons. The predicted octanol–water partition coefficient (Wildman–Crippen LogP) is 6.68. The van der Waals surface area contributed by atoms with E-state index in [1.165, 1.54) is 21.3 Å². The van der Waals surface area contributed by atoms with Crippen molar-refractivity contribution in [2.45, 2.75) is 84.0 Å². The zero-order chi connectivity index (χ0) is 45.0. The number of nitrogens with zero attached hydrogens (tertiary/aromatic N) is 5. The number of rotatable bonds is 11. The lowest BCUT2D eigenvalue weighted by Crippen LogP contribution is -2.52. The number of H-pyrrole nitrogens is 2. The van der Waals surface area contributed by atoms with E-state index in [1.54, 1.807) is 22.2 Å². The molecule has 17 nitrogen and oxygen atoms in total. The van der Waals surface area contributed by atoms with Crippen molar-refractivity contribution in [3.05, 3.63) is 72.6 Å². The van der Waals surface area contributed by atoms with Gasteiger partial charge in [0.25, 0.3) is 0 Å². The van der Waals surface area contributed by atoms with E-state index in [9.17, 15) is 24.0 Å². The quantitative estimate of drug-likeness (QED) is 0.118. The lowest BCUT2D eigenvalue weighted by Gasteiger charge is -2.38. The van der Waals surface area contributed by atoms with Crippen LogP contribution in [0.4, 0.5) is 14.4 Å². The van der Waals surface area contributed by atoms with Crippen LogP contribution in [-0.4, -0.2) is 124 Å². The number of hydrogen-bond donors (Lipinski definition) is 4. The molecule has 63 heavy (non-hydrogen) atoms. The summed E-state index contributed by atoms with van der Waals surface area (Å²) in [5, 5.41) is 5.44. The Labute approximate surface area is 367 Å². The van der Waals surface area contributed by atoms with Crippen LogP contribution in [0.5, 0.6) is 0 Å².